The first kappa shape index (κ1) is 18.8. The fourth-order valence-corrected chi connectivity index (χ4v) is 3.51. The van der Waals surface area contributed by atoms with Crippen LogP contribution in [-0.4, -0.2) is 24.3 Å². The Morgan fingerprint density at radius 1 is 1.14 bits per heavy atom. The SMILES string of the molecule is CCOc1cccc(C=C2CCc3c2oc2cc(OCC(=O)O)ccc2c3=O)c1. The topological polar surface area (TPSA) is 86.0 Å². The highest BCUT2D eigenvalue weighted by Crippen LogP contribution is 2.35. The molecule has 6 nitrogen and oxygen atoms in total. The molecule has 0 radical (unpaired) electrons. The number of carboxylic acids is 1. The van der Waals surface area contributed by atoms with Crippen molar-refractivity contribution in [2.75, 3.05) is 13.2 Å². The van der Waals surface area contributed by atoms with Crippen molar-refractivity contribution in [3.8, 4) is 11.5 Å². The van der Waals surface area contributed by atoms with Crippen LogP contribution in [0.2, 0.25) is 0 Å². The van der Waals surface area contributed by atoms with E-state index in [0.717, 1.165) is 16.9 Å². The van der Waals surface area contributed by atoms with Crippen LogP contribution in [0.3, 0.4) is 0 Å². The van der Waals surface area contributed by atoms with Crippen molar-refractivity contribution in [3.63, 3.8) is 0 Å². The minimum absolute atomic E-state index is 0.0579. The van der Waals surface area contributed by atoms with Crippen molar-refractivity contribution in [3.05, 3.63) is 69.6 Å². The van der Waals surface area contributed by atoms with Gasteiger partial charge in [0.1, 0.15) is 22.8 Å². The van der Waals surface area contributed by atoms with Gasteiger partial charge in [0.25, 0.3) is 0 Å². The number of benzene rings is 2. The quantitative estimate of drug-likeness (QED) is 0.678. The van der Waals surface area contributed by atoms with Crippen molar-refractivity contribution < 1.29 is 23.8 Å². The van der Waals surface area contributed by atoms with Crippen molar-refractivity contribution >= 4 is 28.6 Å². The van der Waals surface area contributed by atoms with E-state index < -0.39 is 12.6 Å². The van der Waals surface area contributed by atoms with Crippen molar-refractivity contribution in [1.82, 2.24) is 0 Å². The van der Waals surface area contributed by atoms with Crippen LogP contribution in [-0.2, 0) is 11.2 Å². The summed E-state index contributed by atoms with van der Waals surface area (Å²) in [7, 11) is 0. The summed E-state index contributed by atoms with van der Waals surface area (Å²) in [6.07, 6.45) is 3.35. The molecule has 148 valence electrons. The number of ether oxygens (including phenoxy) is 2. The summed E-state index contributed by atoms with van der Waals surface area (Å²) < 4.78 is 16.8. The Labute approximate surface area is 167 Å². The van der Waals surface area contributed by atoms with Crippen molar-refractivity contribution in [2.45, 2.75) is 19.8 Å². The number of carbonyl (C=O) groups is 1. The average molecular weight is 392 g/mol. The molecule has 0 aliphatic heterocycles. The zero-order valence-electron chi connectivity index (χ0n) is 15.9. The van der Waals surface area contributed by atoms with Crippen LogP contribution in [0, 0.1) is 0 Å². The fraction of sp³-hybridized carbons (Fsp3) is 0.217. The Morgan fingerprint density at radius 2 is 1.97 bits per heavy atom. The molecule has 4 rings (SSSR count). The van der Waals surface area contributed by atoms with Crippen LogP contribution in [0.25, 0.3) is 22.6 Å². The lowest BCUT2D eigenvalue weighted by molar-refractivity contribution is -0.139. The first-order chi connectivity index (χ1) is 14.0. The van der Waals surface area contributed by atoms with E-state index in [1.807, 2.05) is 37.3 Å². The first-order valence-corrected chi connectivity index (χ1v) is 9.43. The van der Waals surface area contributed by atoms with Crippen LogP contribution in [0.4, 0.5) is 0 Å². The molecule has 1 aliphatic carbocycles. The Bertz CT molecular complexity index is 1170. The van der Waals surface area contributed by atoms with Gasteiger partial charge >= 0.3 is 5.97 Å². The average Bonchev–Trinajstić information content (AvgIpc) is 3.10. The Morgan fingerprint density at radius 3 is 2.76 bits per heavy atom. The molecule has 1 aromatic heterocycles. The van der Waals surface area contributed by atoms with Crippen LogP contribution in [0.15, 0.2) is 51.7 Å². The second kappa shape index (κ2) is 7.83. The van der Waals surface area contributed by atoms with E-state index in [1.165, 1.54) is 0 Å². The monoisotopic (exact) mass is 392 g/mol. The molecule has 6 heteroatoms. The van der Waals surface area contributed by atoms with Gasteiger partial charge in [-0.05, 0) is 61.2 Å². The first-order valence-electron chi connectivity index (χ1n) is 9.43. The molecule has 2 aromatic carbocycles. The maximum absolute atomic E-state index is 12.9. The number of rotatable bonds is 6. The van der Waals surface area contributed by atoms with Gasteiger partial charge in [0.15, 0.2) is 12.0 Å². The van der Waals surface area contributed by atoms with Crippen molar-refractivity contribution in [2.24, 2.45) is 0 Å². The highest BCUT2D eigenvalue weighted by atomic mass is 16.5. The predicted molar refractivity (Wildman–Crippen MR) is 109 cm³/mol. The number of hydrogen-bond donors (Lipinski definition) is 1. The van der Waals surface area contributed by atoms with E-state index >= 15 is 0 Å². The number of allylic oxidation sites excluding steroid dienone is 1. The zero-order valence-corrected chi connectivity index (χ0v) is 15.9. The molecular formula is C23H20O6. The van der Waals surface area contributed by atoms with Crippen LogP contribution in [0.5, 0.6) is 11.5 Å². The Kier molecular flexibility index (Phi) is 5.08. The Balaban J connectivity index is 1.74. The zero-order chi connectivity index (χ0) is 20.4. The normalized spacial score (nSPS) is 14.2. The molecule has 0 spiro atoms. The maximum Gasteiger partial charge on any atom is 0.341 e. The van der Waals surface area contributed by atoms with Gasteiger partial charge in [-0.1, -0.05) is 12.1 Å². The van der Waals surface area contributed by atoms with Gasteiger partial charge in [-0.3, -0.25) is 4.79 Å². The van der Waals surface area contributed by atoms with Gasteiger partial charge in [0.2, 0.25) is 0 Å². The van der Waals surface area contributed by atoms with Crippen molar-refractivity contribution in [1.29, 1.82) is 0 Å². The lowest BCUT2D eigenvalue weighted by Gasteiger charge is -2.07. The molecule has 1 N–H and O–H groups in total. The van der Waals surface area contributed by atoms with E-state index in [4.69, 9.17) is 19.0 Å². The number of carboxylic acid groups (broad SMARTS) is 1. The highest BCUT2D eigenvalue weighted by molar-refractivity contribution is 5.87. The van der Waals surface area contributed by atoms with Crippen LogP contribution < -0.4 is 14.9 Å². The second-order valence-corrected chi connectivity index (χ2v) is 6.75. The van der Waals surface area contributed by atoms with E-state index in [2.05, 4.69) is 0 Å². The molecule has 0 unspecified atom stereocenters. The van der Waals surface area contributed by atoms with E-state index in [9.17, 15) is 9.59 Å². The molecule has 0 atom stereocenters. The summed E-state index contributed by atoms with van der Waals surface area (Å²) in [5, 5.41) is 9.24. The number of hydrogen-bond acceptors (Lipinski definition) is 5. The molecule has 1 heterocycles. The van der Waals surface area contributed by atoms with E-state index in [0.29, 0.717) is 47.5 Å². The smallest absolute Gasteiger partial charge is 0.341 e. The van der Waals surface area contributed by atoms with Gasteiger partial charge in [-0.2, -0.15) is 0 Å². The van der Waals surface area contributed by atoms with Gasteiger partial charge in [0.05, 0.1) is 12.0 Å². The third kappa shape index (κ3) is 3.87. The summed E-state index contributed by atoms with van der Waals surface area (Å²) in [6, 6.07) is 12.5. The summed E-state index contributed by atoms with van der Waals surface area (Å²) in [6.45, 7) is 2.07. The molecule has 0 amide bonds. The van der Waals surface area contributed by atoms with Crippen LogP contribution in [0.1, 0.15) is 30.2 Å². The molecule has 29 heavy (non-hydrogen) atoms. The number of fused-ring (bicyclic) bond motifs is 2. The molecule has 1 aliphatic rings. The summed E-state index contributed by atoms with van der Waals surface area (Å²) >= 11 is 0. The summed E-state index contributed by atoms with van der Waals surface area (Å²) in [4.78, 5) is 23.6. The molecular weight excluding hydrogens is 372 g/mol. The van der Waals surface area contributed by atoms with Gasteiger partial charge in [-0.15, -0.1) is 0 Å². The number of aliphatic carboxylic acids is 1. The third-order valence-corrected chi connectivity index (χ3v) is 4.77. The summed E-state index contributed by atoms with van der Waals surface area (Å²) in [5.74, 6) is 0.649. The molecule has 0 bridgehead atoms. The Hall–Kier alpha value is -3.54. The standard InChI is InChI=1S/C23H20O6/c1-2-27-16-5-3-4-14(11-16)10-15-6-8-19-22(26)18-9-7-17(28-13-21(24)25)12-20(18)29-23(15)19/h3-5,7,9-12H,2,6,8,13H2,1H3,(H,24,25). The van der Waals surface area contributed by atoms with Gasteiger partial charge < -0.3 is 19.0 Å². The molecule has 0 saturated carbocycles. The lowest BCUT2D eigenvalue weighted by atomic mass is 10.1. The van der Waals surface area contributed by atoms with E-state index in [1.54, 1.807) is 18.2 Å². The van der Waals surface area contributed by atoms with Gasteiger partial charge in [0, 0.05) is 11.6 Å². The third-order valence-electron chi connectivity index (χ3n) is 4.77. The van der Waals surface area contributed by atoms with E-state index in [-0.39, 0.29) is 5.43 Å². The minimum Gasteiger partial charge on any atom is -0.494 e. The maximum atomic E-state index is 12.9. The lowest BCUT2D eigenvalue weighted by Crippen LogP contribution is -2.10. The minimum atomic E-state index is -1.07. The largest absolute Gasteiger partial charge is 0.494 e. The fourth-order valence-electron chi connectivity index (χ4n) is 3.51. The molecule has 0 saturated heterocycles. The predicted octanol–water partition coefficient (Wildman–Crippen LogP) is 4.14. The molecule has 3 aromatic rings. The molecule has 0 fully saturated rings. The van der Waals surface area contributed by atoms with Crippen LogP contribution >= 0.6 is 0 Å². The summed E-state index contributed by atoms with van der Waals surface area (Å²) in [5.41, 5.74) is 2.92. The highest BCUT2D eigenvalue weighted by Gasteiger charge is 2.24. The van der Waals surface area contributed by atoms with Gasteiger partial charge in [-0.25, -0.2) is 4.79 Å². The second-order valence-electron chi connectivity index (χ2n) is 6.75.